The zero-order chi connectivity index (χ0) is 16.9. The van der Waals surface area contributed by atoms with Crippen LogP contribution in [0.15, 0.2) is 42.2 Å². The van der Waals surface area contributed by atoms with E-state index in [2.05, 4.69) is 21.9 Å². The Morgan fingerprint density at radius 1 is 1.25 bits per heavy atom. The molecule has 2 aromatic rings. The van der Waals surface area contributed by atoms with Gasteiger partial charge in [-0.15, -0.1) is 0 Å². The molecule has 5 heteroatoms. The number of nitrogens with zero attached hydrogens (tertiary/aromatic N) is 1. The fraction of sp³-hybridized carbons (Fsp3) is 0.368. The van der Waals surface area contributed by atoms with Crippen LogP contribution < -0.4 is 0 Å². The highest BCUT2D eigenvalue weighted by atomic mass is 16.5. The third-order valence-corrected chi connectivity index (χ3v) is 4.49. The Labute approximate surface area is 141 Å². The van der Waals surface area contributed by atoms with Gasteiger partial charge in [-0.2, -0.15) is 0 Å². The van der Waals surface area contributed by atoms with Crippen LogP contribution in [0.5, 0.6) is 0 Å². The van der Waals surface area contributed by atoms with Crippen molar-refractivity contribution >= 4 is 22.8 Å². The van der Waals surface area contributed by atoms with Crippen LogP contribution in [0.1, 0.15) is 31.2 Å². The molecule has 1 aliphatic heterocycles. The number of methoxy groups -OCH3 is 1. The Morgan fingerprint density at radius 2 is 2.08 bits per heavy atom. The van der Waals surface area contributed by atoms with Crippen molar-refractivity contribution in [2.24, 2.45) is 0 Å². The van der Waals surface area contributed by atoms with Gasteiger partial charge in [-0.25, -0.2) is 0 Å². The van der Waals surface area contributed by atoms with Crippen LogP contribution in [0.3, 0.4) is 0 Å². The standard InChI is InChI=1S/C19H22N2O3/c1-24-19(23)9-7-14-6-8-18(22)21(13-14)11-10-15-12-20-17-5-3-2-4-16(15)17/h2-5,12-13,20H,6-11H2,1H3. The molecule has 1 aromatic heterocycles. The van der Waals surface area contributed by atoms with E-state index in [1.54, 1.807) is 4.90 Å². The summed E-state index contributed by atoms with van der Waals surface area (Å²) < 4.78 is 4.68. The van der Waals surface area contributed by atoms with Gasteiger partial charge in [0, 0.05) is 42.7 Å². The highest BCUT2D eigenvalue weighted by Crippen LogP contribution is 2.22. The molecule has 1 amide bonds. The number of hydrogen-bond donors (Lipinski definition) is 1. The second kappa shape index (κ2) is 7.34. The van der Waals surface area contributed by atoms with Crippen molar-refractivity contribution in [2.75, 3.05) is 13.7 Å². The van der Waals surface area contributed by atoms with E-state index >= 15 is 0 Å². The zero-order valence-corrected chi connectivity index (χ0v) is 13.9. The number of ether oxygens (including phenoxy) is 1. The molecule has 24 heavy (non-hydrogen) atoms. The van der Waals surface area contributed by atoms with Gasteiger partial charge >= 0.3 is 5.97 Å². The number of aromatic amines is 1. The lowest BCUT2D eigenvalue weighted by Gasteiger charge is -2.25. The van der Waals surface area contributed by atoms with Crippen molar-refractivity contribution in [3.05, 3.63) is 47.8 Å². The summed E-state index contributed by atoms with van der Waals surface area (Å²) in [5, 5.41) is 1.21. The summed E-state index contributed by atoms with van der Waals surface area (Å²) >= 11 is 0. The van der Waals surface area contributed by atoms with E-state index in [-0.39, 0.29) is 11.9 Å². The maximum absolute atomic E-state index is 12.1. The molecule has 0 atom stereocenters. The lowest BCUT2D eigenvalue weighted by atomic mass is 10.0. The van der Waals surface area contributed by atoms with Crippen LogP contribution in [-0.4, -0.2) is 35.4 Å². The van der Waals surface area contributed by atoms with Gasteiger partial charge in [0.2, 0.25) is 5.91 Å². The number of benzene rings is 1. The minimum atomic E-state index is -0.210. The van der Waals surface area contributed by atoms with Crippen molar-refractivity contribution in [1.29, 1.82) is 0 Å². The maximum atomic E-state index is 12.1. The second-order valence-electron chi connectivity index (χ2n) is 6.06. The molecule has 0 saturated carbocycles. The number of amides is 1. The van der Waals surface area contributed by atoms with Gasteiger partial charge < -0.3 is 14.6 Å². The third kappa shape index (κ3) is 3.67. The summed E-state index contributed by atoms with van der Waals surface area (Å²) in [6.45, 7) is 0.655. The van der Waals surface area contributed by atoms with Gasteiger partial charge in [0.05, 0.1) is 7.11 Å². The quantitative estimate of drug-likeness (QED) is 0.829. The number of aromatic nitrogens is 1. The average Bonchev–Trinajstić information content (AvgIpc) is 3.02. The number of fused-ring (bicyclic) bond motifs is 1. The number of carbonyl (C=O) groups excluding carboxylic acids is 2. The van der Waals surface area contributed by atoms with E-state index in [1.165, 1.54) is 18.1 Å². The lowest BCUT2D eigenvalue weighted by Crippen LogP contribution is -2.31. The predicted octanol–water partition coefficient (Wildman–Crippen LogP) is 3.17. The van der Waals surface area contributed by atoms with Gasteiger partial charge in [-0.3, -0.25) is 9.59 Å². The van der Waals surface area contributed by atoms with Crippen LogP contribution in [0, 0.1) is 0 Å². The van der Waals surface area contributed by atoms with Crippen LogP contribution >= 0.6 is 0 Å². The first-order valence-corrected chi connectivity index (χ1v) is 8.28. The summed E-state index contributed by atoms with van der Waals surface area (Å²) in [5.74, 6) is -0.0604. The van der Waals surface area contributed by atoms with Crippen LogP contribution in [-0.2, 0) is 20.7 Å². The van der Waals surface area contributed by atoms with E-state index < -0.39 is 0 Å². The minimum absolute atomic E-state index is 0.150. The number of allylic oxidation sites excluding steroid dienone is 1. The number of para-hydroxylation sites is 1. The van der Waals surface area contributed by atoms with Crippen LogP contribution in [0.4, 0.5) is 0 Å². The molecule has 1 aliphatic rings. The molecule has 5 nitrogen and oxygen atoms in total. The monoisotopic (exact) mass is 326 g/mol. The molecule has 0 spiro atoms. The van der Waals surface area contributed by atoms with E-state index in [0.29, 0.717) is 25.8 Å². The summed E-state index contributed by atoms with van der Waals surface area (Å²) in [4.78, 5) is 28.5. The normalized spacial score (nSPS) is 14.8. The molecule has 0 radical (unpaired) electrons. The van der Waals surface area contributed by atoms with E-state index in [9.17, 15) is 9.59 Å². The first-order valence-electron chi connectivity index (χ1n) is 8.28. The Bertz CT molecular complexity index is 776. The SMILES string of the molecule is COC(=O)CCC1=CN(CCc2c[nH]c3ccccc23)C(=O)CC1. The number of nitrogens with one attached hydrogen (secondary N) is 1. The van der Waals surface area contributed by atoms with Gasteiger partial charge in [-0.05, 0) is 30.9 Å². The van der Waals surface area contributed by atoms with Gasteiger partial charge in [0.15, 0.2) is 0 Å². The highest BCUT2D eigenvalue weighted by molar-refractivity contribution is 5.83. The molecule has 0 saturated heterocycles. The third-order valence-electron chi connectivity index (χ3n) is 4.49. The first kappa shape index (κ1) is 16.3. The molecular weight excluding hydrogens is 304 g/mol. The molecule has 0 bridgehead atoms. The number of hydrogen-bond acceptors (Lipinski definition) is 3. The van der Waals surface area contributed by atoms with E-state index in [0.717, 1.165) is 23.9 Å². The van der Waals surface area contributed by atoms with Crippen molar-refractivity contribution in [3.8, 4) is 0 Å². The smallest absolute Gasteiger partial charge is 0.305 e. The number of rotatable bonds is 6. The Kier molecular flexibility index (Phi) is 4.99. The topological polar surface area (TPSA) is 62.4 Å². The second-order valence-corrected chi connectivity index (χ2v) is 6.06. The molecule has 1 aromatic carbocycles. The van der Waals surface area contributed by atoms with Crippen molar-refractivity contribution in [1.82, 2.24) is 9.88 Å². The summed E-state index contributed by atoms with van der Waals surface area (Å²) in [6, 6.07) is 8.18. The predicted molar refractivity (Wildman–Crippen MR) is 92.3 cm³/mol. The molecule has 0 aliphatic carbocycles. The minimum Gasteiger partial charge on any atom is -0.469 e. The number of carbonyl (C=O) groups is 2. The van der Waals surface area contributed by atoms with Crippen LogP contribution in [0.25, 0.3) is 10.9 Å². The summed E-state index contributed by atoms with van der Waals surface area (Å²) in [6.07, 6.45) is 7.01. The largest absolute Gasteiger partial charge is 0.469 e. The van der Waals surface area contributed by atoms with E-state index in [1.807, 2.05) is 24.5 Å². The number of esters is 1. The molecule has 0 unspecified atom stereocenters. The fourth-order valence-corrected chi connectivity index (χ4v) is 3.09. The van der Waals surface area contributed by atoms with Gasteiger partial charge in [0.1, 0.15) is 0 Å². The Morgan fingerprint density at radius 3 is 2.92 bits per heavy atom. The summed E-state index contributed by atoms with van der Waals surface area (Å²) in [5.41, 5.74) is 3.47. The van der Waals surface area contributed by atoms with Crippen molar-refractivity contribution in [3.63, 3.8) is 0 Å². The Hall–Kier alpha value is -2.56. The molecule has 3 rings (SSSR count). The van der Waals surface area contributed by atoms with E-state index in [4.69, 9.17) is 0 Å². The molecule has 126 valence electrons. The van der Waals surface area contributed by atoms with Gasteiger partial charge in [-0.1, -0.05) is 23.8 Å². The molecule has 1 N–H and O–H groups in total. The molecule has 2 heterocycles. The summed E-state index contributed by atoms with van der Waals surface area (Å²) in [7, 11) is 1.40. The highest BCUT2D eigenvalue weighted by Gasteiger charge is 2.19. The first-order chi connectivity index (χ1) is 11.7. The molecular formula is C19H22N2O3. The Balaban J connectivity index is 1.64. The molecule has 0 fully saturated rings. The van der Waals surface area contributed by atoms with Crippen molar-refractivity contribution in [2.45, 2.75) is 32.1 Å². The maximum Gasteiger partial charge on any atom is 0.305 e. The van der Waals surface area contributed by atoms with Crippen molar-refractivity contribution < 1.29 is 14.3 Å². The lowest BCUT2D eigenvalue weighted by molar-refractivity contribution is -0.140. The van der Waals surface area contributed by atoms with Gasteiger partial charge in [0.25, 0.3) is 0 Å². The number of H-pyrrole nitrogens is 1. The average molecular weight is 326 g/mol. The zero-order valence-electron chi connectivity index (χ0n) is 13.9. The fourth-order valence-electron chi connectivity index (χ4n) is 3.09. The van der Waals surface area contributed by atoms with Crippen LogP contribution in [0.2, 0.25) is 0 Å².